The number of nitrogens with two attached hydrogens (primary N) is 1. The number of benzene rings is 1. The van der Waals surface area contributed by atoms with Gasteiger partial charge in [-0.2, -0.15) is 0 Å². The van der Waals surface area contributed by atoms with Crippen LogP contribution in [-0.2, 0) is 7.05 Å². The van der Waals surface area contributed by atoms with Gasteiger partial charge in [-0.3, -0.25) is 4.79 Å². The molecule has 0 aliphatic heterocycles. The molecule has 0 spiro atoms. The molecule has 3 nitrogen and oxygen atoms in total. The van der Waals surface area contributed by atoms with Gasteiger partial charge in [-0.25, -0.2) is 0 Å². The van der Waals surface area contributed by atoms with Crippen molar-refractivity contribution in [3.63, 3.8) is 0 Å². The fourth-order valence-corrected chi connectivity index (χ4v) is 2.07. The molecule has 0 saturated heterocycles. The number of halogens is 1. The van der Waals surface area contributed by atoms with Crippen molar-refractivity contribution >= 4 is 21.6 Å². The van der Waals surface area contributed by atoms with E-state index < -0.39 is 0 Å². The van der Waals surface area contributed by atoms with Crippen LogP contribution >= 0.6 is 15.9 Å². The Hall–Kier alpha value is -1.55. The summed E-state index contributed by atoms with van der Waals surface area (Å²) in [4.78, 5) is 11.6. The molecule has 0 fully saturated rings. The SMILES string of the molecule is Cn1c(-c2ccccc2Br)cc(N)cc1=O. The lowest BCUT2D eigenvalue weighted by Crippen LogP contribution is -2.18. The molecule has 0 bridgehead atoms. The number of pyridine rings is 1. The van der Waals surface area contributed by atoms with Crippen LogP contribution < -0.4 is 11.3 Å². The first-order chi connectivity index (χ1) is 7.59. The van der Waals surface area contributed by atoms with Crippen molar-refractivity contribution in [2.75, 3.05) is 5.73 Å². The first-order valence-corrected chi connectivity index (χ1v) is 5.60. The Labute approximate surface area is 102 Å². The van der Waals surface area contributed by atoms with E-state index in [1.54, 1.807) is 17.7 Å². The lowest BCUT2D eigenvalue weighted by Gasteiger charge is -2.10. The van der Waals surface area contributed by atoms with E-state index in [2.05, 4.69) is 15.9 Å². The van der Waals surface area contributed by atoms with Gasteiger partial charge in [0, 0.05) is 28.8 Å². The molecular weight excluding hydrogens is 268 g/mol. The molecule has 82 valence electrons. The minimum atomic E-state index is -0.106. The average molecular weight is 279 g/mol. The zero-order valence-electron chi connectivity index (χ0n) is 8.77. The van der Waals surface area contributed by atoms with Crippen molar-refractivity contribution in [3.05, 3.63) is 51.2 Å². The van der Waals surface area contributed by atoms with Crippen molar-refractivity contribution < 1.29 is 0 Å². The molecule has 0 aliphatic carbocycles. The number of nitrogens with zero attached hydrogens (tertiary/aromatic N) is 1. The molecular formula is C12H11BrN2O. The van der Waals surface area contributed by atoms with Gasteiger partial charge in [-0.1, -0.05) is 34.1 Å². The molecule has 0 amide bonds. The Morgan fingerprint density at radius 3 is 2.62 bits per heavy atom. The quantitative estimate of drug-likeness (QED) is 0.871. The summed E-state index contributed by atoms with van der Waals surface area (Å²) in [5, 5.41) is 0. The first-order valence-electron chi connectivity index (χ1n) is 4.81. The minimum absolute atomic E-state index is 0.106. The fourth-order valence-electron chi connectivity index (χ4n) is 1.58. The first kappa shape index (κ1) is 11.0. The van der Waals surface area contributed by atoms with E-state index in [0.717, 1.165) is 15.7 Å². The van der Waals surface area contributed by atoms with Crippen molar-refractivity contribution in [2.45, 2.75) is 0 Å². The number of rotatable bonds is 1. The molecule has 0 saturated carbocycles. The van der Waals surface area contributed by atoms with Crippen LogP contribution in [0.1, 0.15) is 0 Å². The minimum Gasteiger partial charge on any atom is -0.399 e. The molecule has 4 heteroatoms. The molecule has 1 aromatic carbocycles. The molecule has 2 aromatic rings. The lowest BCUT2D eigenvalue weighted by atomic mass is 10.1. The smallest absolute Gasteiger partial charge is 0.252 e. The second kappa shape index (κ2) is 4.14. The highest BCUT2D eigenvalue weighted by atomic mass is 79.9. The van der Waals surface area contributed by atoms with Crippen molar-refractivity contribution in [2.24, 2.45) is 7.05 Å². The summed E-state index contributed by atoms with van der Waals surface area (Å²) in [6.45, 7) is 0. The van der Waals surface area contributed by atoms with E-state index in [-0.39, 0.29) is 5.56 Å². The number of hydrogen-bond acceptors (Lipinski definition) is 2. The highest BCUT2D eigenvalue weighted by molar-refractivity contribution is 9.10. The summed E-state index contributed by atoms with van der Waals surface area (Å²) in [6, 6.07) is 10.9. The van der Waals surface area contributed by atoms with Gasteiger partial charge < -0.3 is 10.3 Å². The number of nitrogen functional groups attached to an aromatic ring is 1. The highest BCUT2D eigenvalue weighted by Crippen LogP contribution is 2.27. The molecule has 1 heterocycles. The average Bonchev–Trinajstić information content (AvgIpc) is 2.24. The van der Waals surface area contributed by atoms with E-state index in [1.807, 2.05) is 24.3 Å². The molecule has 0 unspecified atom stereocenters. The lowest BCUT2D eigenvalue weighted by molar-refractivity contribution is 0.871. The van der Waals surface area contributed by atoms with E-state index in [0.29, 0.717) is 5.69 Å². The molecule has 0 aliphatic rings. The normalized spacial score (nSPS) is 10.4. The Morgan fingerprint density at radius 1 is 1.25 bits per heavy atom. The van der Waals surface area contributed by atoms with Gasteiger partial charge in [0.15, 0.2) is 0 Å². The molecule has 0 atom stereocenters. The summed E-state index contributed by atoms with van der Waals surface area (Å²) in [7, 11) is 1.73. The number of anilines is 1. The van der Waals surface area contributed by atoms with Gasteiger partial charge in [0.1, 0.15) is 0 Å². The van der Waals surface area contributed by atoms with Crippen LogP contribution in [0.15, 0.2) is 45.7 Å². The van der Waals surface area contributed by atoms with Crippen molar-refractivity contribution in [1.29, 1.82) is 0 Å². The van der Waals surface area contributed by atoms with Gasteiger partial charge in [-0.05, 0) is 12.1 Å². The standard InChI is InChI=1S/C12H11BrN2O/c1-15-11(6-8(14)7-12(15)16)9-4-2-3-5-10(9)13/h2-7H,14H2,1H3. The van der Waals surface area contributed by atoms with Crippen LogP contribution in [0.3, 0.4) is 0 Å². The molecule has 1 aromatic heterocycles. The fraction of sp³-hybridized carbons (Fsp3) is 0.0833. The van der Waals surface area contributed by atoms with Crippen LogP contribution in [0.5, 0.6) is 0 Å². The van der Waals surface area contributed by atoms with Crippen molar-refractivity contribution in [3.8, 4) is 11.3 Å². The van der Waals surface area contributed by atoms with E-state index >= 15 is 0 Å². The number of hydrogen-bond donors (Lipinski definition) is 1. The maximum atomic E-state index is 11.6. The molecule has 0 radical (unpaired) electrons. The zero-order valence-corrected chi connectivity index (χ0v) is 10.4. The monoisotopic (exact) mass is 278 g/mol. The molecule has 2 N–H and O–H groups in total. The molecule has 2 rings (SSSR count). The zero-order chi connectivity index (χ0) is 11.7. The van der Waals surface area contributed by atoms with Gasteiger partial charge in [0.05, 0.1) is 5.69 Å². The third-order valence-electron chi connectivity index (χ3n) is 2.44. The van der Waals surface area contributed by atoms with E-state index in [1.165, 1.54) is 6.07 Å². The van der Waals surface area contributed by atoms with Crippen LogP contribution in [0.25, 0.3) is 11.3 Å². The Morgan fingerprint density at radius 2 is 1.94 bits per heavy atom. The summed E-state index contributed by atoms with van der Waals surface area (Å²) >= 11 is 3.46. The van der Waals surface area contributed by atoms with Crippen molar-refractivity contribution in [1.82, 2.24) is 4.57 Å². The third kappa shape index (κ3) is 1.88. The van der Waals surface area contributed by atoms with E-state index in [4.69, 9.17) is 5.73 Å². The summed E-state index contributed by atoms with van der Waals surface area (Å²) in [6.07, 6.45) is 0. The Bertz CT molecular complexity index is 590. The second-order valence-electron chi connectivity index (χ2n) is 3.55. The topological polar surface area (TPSA) is 48.0 Å². The highest BCUT2D eigenvalue weighted by Gasteiger charge is 2.07. The van der Waals surface area contributed by atoms with Crippen LogP contribution in [0.4, 0.5) is 5.69 Å². The summed E-state index contributed by atoms with van der Waals surface area (Å²) < 4.78 is 2.52. The maximum Gasteiger partial charge on any atom is 0.252 e. The molecule has 16 heavy (non-hydrogen) atoms. The second-order valence-corrected chi connectivity index (χ2v) is 4.41. The third-order valence-corrected chi connectivity index (χ3v) is 3.13. The van der Waals surface area contributed by atoms with Gasteiger partial charge in [-0.15, -0.1) is 0 Å². The van der Waals surface area contributed by atoms with Crippen LogP contribution in [0.2, 0.25) is 0 Å². The Kier molecular flexibility index (Phi) is 2.83. The maximum absolute atomic E-state index is 11.6. The summed E-state index contributed by atoms with van der Waals surface area (Å²) in [5.41, 5.74) is 7.82. The van der Waals surface area contributed by atoms with Gasteiger partial charge >= 0.3 is 0 Å². The largest absolute Gasteiger partial charge is 0.399 e. The van der Waals surface area contributed by atoms with Crippen LogP contribution in [0, 0.1) is 0 Å². The van der Waals surface area contributed by atoms with Gasteiger partial charge in [0.2, 0.25) is 0 Å². The van der Waals surface area contributed by atoms with Crippen LogP contribution in [-0.4, -0.2) is 4.57 Å². The van der Waals surface area contributed by atoms with E-state index in [9.17, 15) is 4.79 Å². The predicted octanol–water partition coefficient (Wildman–Crippen LogP) is 2.40. The predicted molar refractivity (Wildman–Crippen MR) is 69.2 cm³/mol. The summed E-state index contributed by atoms with van der Waals surface area (Å²) in [5.74, 6) is 0. The number of aromatic nitrogens is 1. The van der Waals surface area contributed by atoms with Gasteiger partial charge in [0.25, 0.3) is 5.56 Å². The Balaban J connectivity index is 2.74.